The van der Waals surface area contributed by atoms with Crippen LogP contribution in [0.25, 0.3) is 0 Å². The van der Waals surface area contributed by atoms with Gasteiger partial charge < -0.3 is 5.11 Å². The fourth-order valence-electron chi connectivity index (χ4n) is 0.881. The van der Waals surface area contributed by atoms with Gasteiger partial charge in [-0.15, -0.1) is 0 Å². The van der Waals surface area contributed by atoms with Crippen molar-refractivity contribution in [2.75, 3.05) is 6.61 Å². The molecule has 0 aliphatic heterocycles. The Morgan fingerprint density at radius 3 is 2.17 bits per heavy atom. The minimum Gasteiger partial charge on any atom is -0.396 e. The van der Waals surface area contributed by atoms with Gasteiger partial charge in [0.05, 0.1) is 4.47 Å². The summed E-state index contributed by atoms with van der Waals surface area (Å²) in [6, 6.07) is 2.40. The van der Waals surface area contributed by atoms with Crippen LogP contribution in [-0.2, 0) is 6.42 Å². The Bertz CT molecular complexity index is 265. The van der Waals surface area contributed by atoms with Gasteiger partial charge in [-0.3, -0.25) is 0 Å². The van der Waals surface area contributed by atoms with Crippen LogP contribution >= 0.6 is 15.9 Å². The molecule has 12 heavy (non-hydrogen) atoms. The molecular weight excluding hydrogens is 230 g/mol. The molecule has 0 bridgehead atoms. The normalized spacial score (nSPS) is 10.3. The Balaban J connectivity index is 3.04. The monoisotopic (exact) mass is 236 g/mol. The van der Waals surface area contributed by atoms with Crippen molar-refractivity contribution in [3.63, 3.8) is 0 Å². The molecule has 0 atom stereocenters. The number of aliphatic hydroxyl groups excluding tert-OH is 1. The van der Waals surface area contributed by atoms with Crippen LogP contribution in [0, 0.1) is 11.6 Å². The Morgan fingerprint density at radius 1 is 1.25 bits per heavy atom. The van der Waals surface area contributed by atoms with Gasteiger partial charge in [-0.2, -0.15) is 0 Å². The second-order valence-corrected chi connectivity index (χ2v) is 3.14. The molecule has 0 amide bonds. The molecule has 0 heterocycles. The highest BCUT2D eigenvalue weighted by atomic mass is 79.9. The summed E-state index contributed by atoms with van der Waals surface area (Å²) in [5.41, 5.74) is 0.454. The van der Waals surface area contributed by atoms with E-state index in [0.717, 1.165) is 0 Å². The zero-order valence-corrected chi connectivity index (χ0v) is 7.74. The van der Waals surface area contributed by atoms with E-state index in [-0.39, 0.29) is 17.5 Å². The maximum atomic E-state index is 12.8. The summed E-state index contributed by atoms with van der Waals surface area (Å²) in [4.78, 5) is 0. The van der Waals surface area contributed by atoms with Crippen LogP contribution in [0.5, 0.6) is 0 Å². The van der Waals surface area contributed by atoms with Crippen LogP contribution in [-0.4, -0.2) is 11.7 Å². The molecule has 0 aliphatic carbocycles. The molecule has 0 fully saturated rings. The van der Waals surface area contributed by atoms with E-state index in [4.69, 9.17) is 5.11 Å². The van der Waals surface area contributed by atoms with Crippen molar-refractivity contribution in [1.82, 2.24) is 0 Å². The van der Waals surface area contributed by atoms with Crippen LogP contribution < -0.4 is 0 Å². The number of aliphatic hydroxyl groups is 1. The third kappa shape index (κ3) is 2.01. The highest BCUT2D eigenvalue weighted by Crippen LogP contribution is 2.21. The number of halogens is 3. The number of hydrogen-bond donors (Lipinski definition) is 1. The van der Waals surface area contributed by atoms with Crippen molar-refractivity contribution in [3.05, 3.63) is 33.8 Å². The molecule has 0 saturated heterocycles. The van der Waals surface area contributed by atoms with E-state index < -0.39 is 11.6 Å². The predicted molar refractivity (Wildman–Crippen MR) is 44.8 cm³/mol. The van der Waals surface area contributed by atoms with Crippen LogP contribution in [0.1, 0.15) is 5.56 Å². The second kappa shape index (κ2) is 3.96. The van der Waals surface area contributed by atoms with E-state index >= 15 is 0 Å². The van der Waals surface area contributed by atoms with Crippen molar-refractivity contribution in [2.45, 2.75) is 6.42 Å². The molecule has 1 aromatic rings. The first kappa shape index (κ1) is 9.61. The minimum atomic E-state index is -0.640. The molecule has 66 valence electrons. The SMILES string of the molecule is OCCc1cc(F)c(Br)c(F)c1. The van der Waals surface area contributed by atoms with E-state index in [1.54, 1.807) is 0 Å². The van der Waals surface area contributed by atoms with Crippen molar-refractivity contribution in [1.29, 1.82) is 0 Å². The van der Waals surface area contributed by atoms with Gasteiger partial charge in [0, 0.05) is 6.61 Å². The van der Waals surface area contributed by atoms with E-state index in [1.807, 2.05) is 0 Å². The van der Waals surface area contributed by atoms with Crippen LogP contribution in [0.2, 0.25) is 0 Å². The fourth-order valence-corrected chi connectivity index (χ4v) is 1.11. The summed E-state index contributed by atoms with van der Waals surface area (Å²) >= 11 is 2.75. The zero-order valence-electron chi connectivity index (χ0n) is 6.15. The van der Waals surface area contributed by atoms with Gasteiger partial charge in [0.2, 0.25) is 0 Å². The predicted octanol–water partition coefficient (Wildman–Crippen LogP) is 2.26. The van der Waals surface area contributed by atoms with Crippen molar-refractivity contribution >= 4 is 15.9 Å². The summed E-state index contributed by atoms with van der Waals surface area (Å²) in [7, 11) is 0. The summed E-state index contributed by atoms with van der Waals surface area (Å²) in [6.45, 7) is -0.111. The number of hydrogen-bond acceptors (Lipinski definition) is 1. The molecular formula is C8H7BrF2O. The van der Waals surface area contributed by atoms with E-state index in [0.29, 0.717) is 5.56 Å². The topological polar surface area (TPSA) is 20.2 Å². The van der Waals surface area contributed by atoms with E-state index in [2.05, 4.69) is 15.9 Å². The Labute approximate surface area is 77.2 Å². The Hall–Kier alpha value is -0.480. The largest absolute Gasteiger partial charge is 0.396 e. The van der Waals surface area contributed by atoms with Gasteiger partial charge in [-0.25, -0.2) is 8.78 Å². The van der Waals surface area contributed by atoms with E-state index in [9.17, 15) is 8.78 Å². The molecule has 0 spiro atoms. The van der Waals surface area contributed by atoms with Crippen molar-refractivity contribution in [2.24, 2.45) is 0 Å². The molecule has 1 aromatic carbocycles. The van der Waals surface area contributed by atoms with Gasteiger partial charge in [0.15, 0.2) is 0 Å². The second-order valence-electron chi connectivity index (χ2n) is 2.35. The highest BCUT2D eigenvalue weighted by Gasteiger charge is 2.07. The maximum absolute atomic E-state index is 12.8. The summed E-state index contributed by atoms with van der Waals surface area (Å²) in [6.07, 6.45) is 0.265. The average molecular weight is 237 g/mol. The average Bonchev–Trinajstić information content (AvgIpc) is 2.01. The molecule has 0 radical (unpaired) electrons. The van der Waals surface area contributed by atoms with Crippen LogP contribution in [0.3, 0.4) is 0 Å². The minimum absolute atomic E-state index is 0.111. The maximum Gasteiger partial charge on any atom is 0.140 e. The quantitative estimate of drug-likeness (QED) is 0.782. The number of rotatable bonds is 2. The molecule has 0 saturated carbocycles. The van der Waals surface area contributed by atoms with Gasteiger partial charge in [0.25, 0.3) is 0 Å². The zero-order chi connectivity index (χ0) is 9.14. The lowest BCUT2D eigenvalue weighted by atomic mass is 10.1. The van der Waals surface area contributed by atoms with Gasteiger partial charge in [-0.05, 0) is 40.0 Å². The van der Waals surface area contributed by atoms with Crippen LogP contribution in [0.15, 0.2) is 16.6 Å². The molecule has 4 heteroatoms. The molecule has 1 rings (SSSR count). The van der Waals surface area contributed by atoms with Crippen molar-refractivity contribution in [3.8, 4) is 0 Å². The molecule has 0 aliphatic rings. The standard InChI is InChI=1S/C8H7BrF2O/c9-8-6(10)3-5(1-2-12)4-7(8)11/h3-4,12H,1-2H2. The van der Waals surface area contributed by atoms with Crippen LogP contribution in [0.4, 0.5) is 8.78 Å². The number of benzene rings is 1. The Morgan fingerprint density at radius 2 is 1.75 bits per heavy atom. The molecule has 1 N–H and O–H groups in total. The molecule has 1 nitrogen and oxygen atoms in total. The summed E-state index contributed by atoms with van der Waals surface area (Å²) in [5.74, 6) is -1.28. The summed E-state index contributed by atoms with van der Waals surface area (Å²) < 4.78 is 25.4. The first-order valence-electron chi connectivity index (χ1n) is 3.39. The summed E-state index contributed by atoms with van der Waals surface area (Å²) in [5, 5.41) is 8.51. The first-order valence-corrected chi connectivity index (χ1v) is 4.18. The Kier molecular flexibility index (Phi) is 3.17. The molecule has 0 unspecified atom stereocenters. The van der Waals surface area contributed by atoms with Gasteiger partial charge in [-0.1, -0.05) is 0 Å². The van der Waals surface area contributed by atoms with Crippen molar-refractivity contribution < 1.29 is 13.9 Å². The van der Waals surface area contributed by atoms with E-state index in [1.165, 1.54) is 12.1 Å². The first-order chi connectivity index (χ1) is 5.65. The smallest absolute Gasteiger partial charge is 0.140 e. The lowest BCUT2D eigenvalue weighted by Gasteiger charge is -2.01. The third-order valence-corrected chi connectivity index (χ3v) is 2.20. The molecule has 0 aromatic heterocycles. The fraction of sp³-hybridized carbons (Fsp3) is 0.250. The third-order valence-electron chi connectivity index (χ3n) is 1.44. The van der Waals surface area contributed by atoms with Gasteiger partial charge >= 0.3 is 0 Å². The van der Waals surface area contributed by atoms with Gasteiger partial charge in [0.1, 0.15) is 11.6 Å². The highest BCUT2D eigenvalue weighted by molar-refractivity contribution is 9.10. The lowest BCUT2D eigenvalue weighted by molar-refractivity contribution is 0.299. The lowest BCUT2D eigenvalue weighted by Crippen LogP contribution is -1.94.